The molecule has 0 bridgehead atoms. The topological polar surface area (TPSA) is 30.7 Å². The van der Waals surface area contributed by atoms with Crippen LogP contribution in [0.4, 0.5) is 0 Å². The summed E-state index contributed by atoms with van der Waals surface area (Å²) < 4.78 is 2.22. The molecule has 0 fully saturated rings. The lowest BCUT2D eigenvalue weighted by molar-refractivity contribution is 1.01. The molecule has 0 amide bonds. The van der Waals surface area contributed by atoms with Gasteiger partial charge < -0.3 is 0 Å². The second kappa shape index (κ2) is 8.64. The SMILES string of the molecule is c1ccc(-c2ccc3ccc4c(c3c2)c2ccccc2n4-c2nc(-c3ccccc3)c3ccccc3n2)cc1. The molecule has 8 rings (SSSR count). The van der Waals surface area contributed by atoms with Crippen LogP contribution in [-0.4, -0.2) is 14.5 Å². The third-order valence-electron chi connectivity index (χ3n) is 7.60. The predicted molar refractivity (Wildman–Crippen MR) is 162 cm³/mol. The molecule has 2 heterocycles. The number of hydrogen-bond acceptors (Lipinski definition) is 2. The van der Waals surface area contributed by atoms with Gasteiger partial charge in [0, 0.05) is 21.7 Å². The van der Waals surface area contributed by atoms with Gasteiger partial charge in [-0.2, -0.15) is 0 Å². The number of hydrogen-bond donors (Lipinski definition) is 0. The van der Waals surface area contributed by atoms with E-state index < -0.39 is 0 Å². The second-order valence-corrected chi connectivity index (χ2v) is 9.87. The minimum absolute atomic E-state index is 0.678. The van der Waals surface area contributed by atoms with Crippen molar-refractivity contribution in [3.05, 3.63) is 140 Å². The molecule has 0 N–H and O–H groups in total. The number of para-hydroxylation sites is 2. The highest BCUT2D eigenvalue weighted by Gasteiger charge is 2.18. The molecule has 0 aliphatic heterocycles. The van der Waals surface area contributed by atoms with Crippen LogP contribution in [0.5, 0.6) is 0 Å². The Kier molecular flexibility index (Phi) is 4.82. The maximum atomic E-state index is 5.21. The van der Waals surface area contributed by atoms with Crippen LogP contribution in [0.25, 0.3) is 71.8 Å². The summed E-state index contributed by atoms with van der Waals surface area (Å²) in [5, 5.41) is 5.91. The zero-order valence-electron chi connectivity index (χ0n) is 21.1. The lowest BCUT2D eigenvalue weighted by Gasteiger charge is -2.12. The van der Waals surface area contributed by atoms with E-state index in [0.717, 1.165) is 33.2 Å². The average Bonchev–Trinajstić information content (AvgIpc) is 3.36. The van der Waals surface area contributed by atoms with E-state index >= 15 is 0 Å². The van der Waals surface area contributed by atoms with Gasteiger partial charge in [0.25, 0.3) is 0 Å². The van der Waals surface area contributed by atoms with Gasteiger partial charge in [0.2, 0.25) is 5.95 Å². The van der Waals surface area contributed by atoms with Crippen LogP contribution in [0.15, 0.2) is 140 Å². The molecule has 6 aromatic carbocycles. The predicted octanol–water partition coefficient (Wildman–Crippen LogP) is 9.21. The average molecular weight is 498 g/mol. The van der Waals surface area contributed by atoms with Crippen molar-refractivity contribution in [2.75, 3.05) is 0 Å². The Labute approximate surface area is 225 Å². The Balaban J connectivity index is 1.47. The lowest BCUT2D eigenvalue weighted by atomic mass is 9.98. The summed E-state index contributed by atoms with van der Waals surface area (Å²) >= 11 is 0. The molecule has 0 atom stereocenters. The largest absolute Gasteiger partial charge is 0.278 e. The third-order valence-corrected chi connectivity index (χ3v) is 7.60. The summed E-state index contributed by atoms with van der Waals surface area (Å²) in [6, 6.07) is 49.0. The maximum Gasteiger partial charge on any atom is 0.235 e. The first kappa shape index (κ1) is 21.8. The minimum atomic E-state index is 0.678. The Hall–Kier alpha value is -5.28. The lowest BCUT2D eigenvalue weighted by Crippen LogP contribution is -2.03. The van der Waals surface area contributed by atoms with Crippen LogP contribution in [0, 0.1) is 0 Å². The molecule has 8 aromatic rings. The van der Waals surface area contributed by atoms with Crippen LogP contribution < -0.4 is 0 Å². The van der Waals surface area contributed by atoms with Crippen LogP contribution in [0.2, 0.25) is 0 Å². The summed E-state index contributed by atoms with van der Waals surface area (Å²) in [5.74, 6) is 0.678. The fraction of sp³-hybridized carbons (Fsp3) is 0. The number of rotatable bonds is 3. The molecule has 0 aliphatic rings. The number of nitrogens with zero attached hydrogens (tertiary/aromatic N) is 3. The molecule has 0 saturated carbocycles. The zero-order valence-corrected chi connectivity index (χ0v) is 21.1. The van der Waals surface area contributed by atoms with Crippen molar-refractivity contribution in [2.45, 2.75) is 0 Å². The fourth-order valence-corrected chi connectivity index (χ4v) is 5.79. The van der Waals surface area contributed by atoms with Gasteiger partial charge in [0.1, 0.15) is 0 Å². The third kappa shape index (κ3) is 3.44. The highest BCUT2D eigenvalue weighted by molar-refractivity contribution is 6.21. The molecule has 3 heteroatoms. The van der Waals surface area contributed by atoms with E-state index in [2.05, 4.69) is 132 Å². The first-order chi connectivity index (χ1) is 19.3. The zero-order chi connectivity index (χ0) is 25.8. The van der Waals surface area contributed by atoms with Gasteiger partial charge in [-0.25, -0.2) is 9.97 Å². The van der Waals surface area contributed by atoms with E-state index in [0.29, 0.717) is 5.95 Å². The van der Waals surface area contributed by atoms with Crippen molar-refractivity contribution in [1.29, 1.82) is 0 Å². The molecule has 0 aliphatic carbocycles. The van der Waals surface area contributed by atoms with Crippen molar-refractivity contribution in [3.63, 3.8) is 0 Å². The van der Waals surface area contributed by atoms with Crippen molar-refractivity contribution in [2.24, 2.45) is 0 Å². The van der Waals surface area contributed by atoms with Crippen molar-refractivity contribution >= 4 is 43.5 Å². The van der Waals surface area contributed by atoms with E-state index in [1.807, 2.05) is 12.1 Å². The molecule has 0 unspecified atom stereocenters. The maximum absolute atomic E-state index is 5.21. The fourth-order valence-electron chi connectivity index (χ4n) is 5.79. The van der Waals surface area contributed by atoms with Gasteiger partial charge in [-0.1, -0.05) is 115 Å². The Bertz CT molecular complexity index is 2160. The quantitative estimate of drug-likeness (QED) is 0.244. The standard InChI is InChI=1S/C36H23N3/c1-3-11-24(12-4-1)27-20-19-25-21-22-33-34(30(25)23-27)29-16-8-10-18-32(29)39(33)36-37-31-17-9-7-15-28(31)35(38-36)26-13-5-2-6-14-26/h1-23H. The van der Waals surface area contributed by atoms with Gasteiger partial charge in [0.05, 0.1) is 22.2 Å². The summed E-state index contributed by atoms with van der Waals surface area (Å²) in [4.78, 5) is 10.3. The second-order valence-electron chi connectivity index (χ2n) is 9.87. The summed E-state index contributed by atoms with van der Waals surface area (Å²) in [6.45, 7) is 0. The van der Waals surface area contributed by atoms with Crippen molar-refractivity contribution in [1.82, 2.24) is 14.5 Å². The van der Waals surface area contributed by atoms with Gasteiger partial charge in [-0.15, -0.1) is 0 Å². The molecule has 0 spiro atoms. The number of fused-ring (bicyclic) bond motifs is 6. The molecule has 2 aromatic heterocycles. The van der Waals surface area contributed by atoms with E-state index in [1.54, 1.807) is 0 Å². The van der Waals surface area contributed by atoms with Gasteiger partial charge in [-0.3, -0.25) is 4.57 Å². The van der Waals surface area contributed by atoms with Crippen LogP contribution in [0.1, 0.15) is 0 Å². The first-order valence-corrected chi connectivity index (χ1v) is 13.2. The monoisotopic (exact) mass is 497 g/mol. The number of aromatic nitrogens is 3. The van der Waals surface area contributed by atoms with Crippen LogP contribution in [-0.2, 0) is 0 Å². The molecule has 39 heavy (non-hydrogen) atoms. The van der Waals surface area contributed by atoms with Gasteiger partial charge in [-0.05, 0) is 46.2 Å². The summed E-state index contributed by atoms with van der Waals surface area (Å²) in [6.07, 6.45) is 0. The molecule has 0 radical (unpaired) electrons. The number of benzene rings is 6. The highest BCUT2D eigenvalue weighted by atomic mass is 15.2. The summed E-state index contributed by atoms with van der Waals surface area (Å²) in [5.41, 5.74) is 7.57. The molecular weight excluding hydrogens is 474 g/mol. The van der Waals surface area contributed by atoms with Crippen LogP contribution >= 0.6 is 0 Å². The minimum Gasteiger partial charge on any atom is -0.278 e. The smallest absolute Gasteiger partial charge is 0.235 e. The van der Waals surface area contributed by atoms with Crippen LogP contribution in [0.3, 0.4) is 0 Å². The molecule has 182 valence electrons. The first-order valence-electron chi connectivity index (χ1n) is 13.2. The Morgan fingerprint density at radius 3 is 1.92 bits per heavy atom. The van der Waals surface area contributed by atoms with E-state index in [1.165, 1.54) is 32.7 Å². The molecular formula is C36H23N3. The van der Waals surface area contributed by atoms with E-state index in [-0.39, 0.29) is 0 Å². The highest BCUT2D eigenvalue weighted by Crippen LogP contribution is 2.38. The van der Waals surface area contributed by atoms with E-state index in [4.69, 9.17) is 9.97 Å². The molecule has 0 saturated heterocycles. The molecule has 3 nitrogen and oxygen atoms in total. The van der Waals surface area contributed by atoms with Gasteiger partial charge in [0.15, 0.2) is 0 Å². The van der Waals surface area contributed by atoms with Crippen molar-refractivity contribution in [3.8, 4) is 28.3 Å². The summed E-state index contributed by atoms with van der Waals surface area (Å²) in [7, 11) is 0. The van der Waals surface area contributed by atoms with E-state index in [9.17, 15) is 0 Å². The Morgan fingerprint density at radius 2 is 1.10 bits per heavy atom. The normalized spacial score (nSPS) is 11.6. The van der Waals surface area contributed by atoms with Crippen molar-refractivity contribution < 1.29 is 0 Å². The van der Waals surface area contributed by atoms with Gasteiger partial charge >= 0.3 is 0 Å². The Morgan fingerprint density at radius 1 is 0.436 bits per heavy atom.